The lowest BCUT2D eigenvalue weighted by Gasteiger charge is -2.20. The number of aromatic nitrogens is 2. The summed E-state index contributed by atoms with van der Waals surface area (Å²) in [5, 5.41) is 4.74. The van der Waals surface area contributed by atoms with Crippen molar-refractivity contribution in [3.8, 4) is 0 Å². The Morgan fingerprint density at radius 2 is 2.09 bits per heavy atom. The van der Waals surface area contributed by atoms with Gasteiger partial charge in [-0.3, -0.25) is 9.48 Å². The van der Waals surface area contributed by atoms with Gasteiger partial charge in [0, 0.05) is 36.7 Å². The number of primary amides is 1. The first kappa shape index (κ1) is 14.8. The number of fused-ring (bicyclic) bond motifs is 1. The van der Waals surface area contributed by atoms with Crippen LogP contribution in [0.3, 0.4) is 0 Å². The van der Waals surface area contributed by atoms with Crippen LogP contribution in [0.25, 0.3) is 0 Å². The van der Waals surface area contributed by atoms with Crippen LogP contribution in [0.4, 0.5) is 0 Å². The average Bonchev–Trinajstić information content (AvgIpc) is 2.85. The van der Waals surface area contributed by atoms with Crippen molar-refractivity contribution < 1.29 is 4.79 Å². The molecule has 1 heterocycles. The van der Waals surface area contributed by atoms with Crippen molar-refractivity contribution in [1.29, 1.82) is 0 Å². The van der Waals surface area contributed by atoms with Crippen LogP contribution in [0, 0.1) is 0 Å². The summed E-state index contributed by atoms with van der Waals surface area (Å²) >= 11 is 0. The molecule has 0 fully saturated rings. The maximum absolute atomic E-state index is 11.1. The van der Waals surface area contributed by atoms with Crippen LogP contribution in [0.15, 0.2) is 30.3 Å². The lowest BCUT2D eigenvalue weighted by atomic mass is 9.90. The minimum atomic E-state index is -0.297. The van der Waals surface area contributed by atoms with Crippen LogP contribution in [0.2, 0.25) is 0 Å². The minimum Gasteiger partial charge on any atom is -0.370 e. The number of benzene rings is 1. The Kier molecular flexibility index (Phi) is 4.24. The monoisotopic (exact) mass is 298 g/mol. The summed E-state index contributed by atoms with van der Waals surface area (Å²) in [6, 6.07) is 10.3. The summed E-state index contributed by atoms with van der Waals surface area (Å²) in [7, 11) is 0. The van der Waals surface area contributed by atoms with Crippen LogP contribution >= 0.6 is 0 Å². The van der Waals surface area contributed by atoms with Gasteiger partial charge in [0.05, 0.1) is 5.69 Å². The van der Waals surface area contributed by atoms with Crippen molar-refractivity contribution in [2.75, 3.05) is 0 Å². The first-order valence-electron chi connectivity index (χ1n) is 7.81. The number of nitrogens with zero attached hydrogens (tertiary/aromatic N) is 2. The fourth-order valence-electron chi connectivity index (χ4n) is 3.21. The van der Waals surface area contributed by atoms with Crippen molar-refractivity contribution in [1.82, 2.24) is 9.78 Å². The Labute approximate surface area is 130 Å². The molecule has 0 radical (unpaired) electrons. The van der Waals surface area contributed by atoms with E-state index in [1.165, 1.54) is 16.8 Å². The van der Waals surface area contributed by atoms with Gasteiger partial charge in [0.25, 0.3) is 0 Å². The topological polar surface area (TPSA) is 86.9 Å². The van der Waals surface area contributed by atoms with Gasteiger partial charge in [-0.25, -0.2) is 0 Å². The molecule has 1 unspecified atom stereocenters. The maximum Gasteiger partial charge on any atom is 0.219 e. The van der Waals surface area contributed by atoms with Crippen molar-refractivity contribution in [2.24, 2.45) is 11.5 Å². The van der Waals surface area contributed by atoms with Gasteiger partial charge in [0.1, 0.15) is 0 Å². The number of aryl methyl sites for hydroxylation is 1. The van der Waals surface area contributed by atoms with E-state index in [4.69, 9.17) is 16.6 Å². The molecule has 4 N–H and O–H groups in total. The van der Waals surface area contributed by atoms with E-state index in [9.17, 15) is 4.79 Å². The number of carbonyl (C=O) groups is 1. The molecule has 0 saturated carbocycles. The number of rotatable bonds is 5. The highest BCUT2D eigenvalue weighted by atomic mass is 16.1. The number of hydrogen-bond donors (Lipinski definition) is 2. The quantitative estimate of drug-likeness (QED) is 0.880. The van der Waals surface area contributed by atoms with Gasteiger partial charge < -0.3 is 11.5 Å². The van der Waals surface area contributed by atoms with Crippen LogP contribution in [-0.2, 0) is 24.2 Å². The smallest absolute Gasteiger partial charge is 0.219 e. The average molecular weight is 298 g/mol. The first-order valence-corrected chi connectivity index (χ1v) is 7.81. The molecule has 0 saturated heterocycles. The molecule has 0 bridgehead atoms. The summed E-state index contributed by atoms with van der Waals surface area (Å²) in [5.41, 5.74) is 16.2. The molecule has 0 aliphatic heterocycles. The summed E-state index contributed by atoms with van der Waals surface area (Å²) in [6.07, 6.45) is 4.13. The van der Waals surface area contributed by atoms with E-state index >= 15 is 0 Å². The molecule has 5 heteroatoms. The Bertz CT molecular complexity index is 663. The number of carbonyl (C=O) groups excluding carboxylic acids is 1. The molecule has 116 valence electrons. The van der Waals surface area contributed by atoms with Crippen molar-refractivity contribution in [2.45, 2.75) is 44.7 Å². The van der Waals surface area contributed by atoms with Gasteiger partial charge in [-0.1, -0.05) is 30.3 Å². The van der Waals surface area contributed by atoms with Gasteiger partial charge in [0.2, 0.25) is 5.91 Å². The summed E-state index contributed by atoms with van der Waals surface area (Å²) in [6.45, 7) is 0.541. The Morgan fingerprint density at radius 1 is 1.32 bits per heavy atom. The van der Waals surface area contributed by atoms with E-state index in [0.29, 0.717) is 13.0 Å². The van der Waals surface area contributed by atoms with Crippen molar-refractivity contribution >= 4 is 5.91 Å². The summed E-state index contributed by atoms with van der Waals surface area (Å²) in [4.78, 5) is 11.1. The van der Waals surface area contributed by atoms with Crippen LogP contribution < -0.4 is 11.5 Å². The predicted molar refractivity (Wildman–Crippen MR) is 85.2 cm³/mol. The van der Waals surface area contributed by atoms with Gasteiger partial charge in [0.15, 0.2) is 0 Å². The molecular formula is C17H22N4O. The van der Waals surface area contributed by atoms with Crippen molar-refractivity contribution in [3.05, 3.63) is 52.8 Å². The maximum atomic E-state index is 11.1. The van der Waals surface area contributed by atoms with E-state index in [-0.39, 0.29) is 11.9 Å². The standard InChI is InChI=1S/C17H22N4O/c18-13-7-4-8-15-17(13)14(11-12-5-2-1-3-6-12)20-21(15)10-9-16(19)22/h1-3,5-6,13H,4,7-11,18H2,(H2,19,22). The SMILES string of the molecule is NC(=O)CCn1nc(Cc2ccccc2)c2c1CCCC2N. The fourth-order valence-corrected chi connectivity index (χ4v) is 3.21. The van der Waals surface area contributed by atoms with E-state index in [0.717, 1.165) is 31.4 Å². The molecule has 1 aliphatic rings. The highest BCUT2D eigenvalue weighted by Gasteiger charge is 2.26. The second-order valence-corrected chi connectivity index (χ2v) is 5.91. The second-order valence-electron chi connectivity index (χ2n) is 5.91. The molecule has 3 rings (SSSR count). The van der Waals surface area contributed by atoms with Crippen molar-refractivity contribution in [3.63, 3.8) is 0 Å². The van der Waals surface area contributed by atoms with Gasteiger partial charge in [-0.05, 0) is 24.8 Å². The third-order valence-electron chi connectivity index (χ3n) is 4.26. The van der Waals surface area contributed by atoms with Gasteiger partial charge in [-0.2, -0.15) is 5.10 Å². The van der Waals surface area contributed by atoms with E-state index in [1.54, 1.807) is 0 Å². The van der Waals surface area contributed by atoms with Gasteiger partial charge >= 0.3 is 0 Å². The Hall–Kier alpha value is -2.14. The van der Waals surface area contributed by atoms with E-state index < -0.39 is 0 Å². The zero-order chi connectivity index (χ0) is 15.5. The summed E-state index contributed by atoms with van der Waals surface area (Å²) < 4.78 is 1.94. The lowest BCUT2D eigenvalue weighted by Crippen LogP contribution is -2.20. The van der Waals surface area contributed by atoms with Gasteiger partial charge in [-0.15, -0.1) is 0 Å². The zero-order valence-electron chi connectivity index (χ0n) is 12.7. The lowest BCUT2D eigenvalue weighted by molar-refractivity contribution is -0.118. The first-order chi connectivity index (χ1) is 10.6. The number of hydrogen-bond acceptors (Lipinski definition) is 3. The molecule has 1 aromatic heterocycles. The molecule has 0 spiro atoms. The Morgan fingerprint density at radius 3 is 2.82 bits per heavy atom. The molecule has 2 aromatic rings. The van der Waals surface area contributed by atoms with Crippen LogP contribution in [0.5, 0.6) is 0 Å². The minimum absolute atomic E-state index is 0.0461. The molecule has 1 atom stereocenters. The zero-order valence-corrected chi connectivity index (χ0v) is 12.7. The Balaban J connectivity index is 1.93. The predicted octanol–water partition coefficient (Wildman–Crippen LogP) is 1.69. The molecule has 5 nitrogen and oxygen atoms in total. The third-order valence-corrected chi connectivity index (χ3v) is 4.26. The van der Waals surface area contributed by atoms with E-state index in [1.807, 2.05) is 22.9 Å². The fraction of sp³-hybridized carbons (Fsp3) is 0.412. The second kappa shape index (κ2) is 6.32. The largest absolute Gasteiger partial charge is 0.370 e. The molecular weight excluding hydrogens is 276 g/mol. The van der Waals surface area contributed by atoms with E-state index in [2.05, 4.69) is 12.1 Å². The molecule has 1 aromatic carbocycles. The highest BCUT2D eigenvalue weighted by molar-refractivity contribution is 5.73. The molecule has 1 amide bonds. The molecule has 1 aliphatic carbocycles. The normalized spacial score (nSPS) is 17.2. The number of amides is 1. The highest BCUT2D eigenvalue weighted by Crippen LogP contribution is 2.32. The van der Waals surface area contributed by atoms with Crippen LogP contribution in [-0.4, -0.2) is 15.7 Å². The number of nitrogens with two attached hydrogens (primary N) is 2. The molecule has 22 heavy (non-hydrogen) atoms. The third kappa shape index (κ3) is 3.04. The van der Waals surface area contributed by atoms with Crippen LogP contribution in [0.1, 0.15) is 47.8 Å². The summed E-state index contributed by atoms with van der Waals surface area (Å²) in [5.74, 6) is -0.297.